The Morgan fingerprint density at radius 3 is 2.43 bits per heavy atom. The number of hydrogen-bond acceptors (Lipinski definition) is 3. The summed E-state index contributed by atoms with van der Waals surface area (Å²) in [6, 6.07) is 10.9. The molecule has 122 valence electrons. The number of rotatable bonds is 4. The van der Waals surface area contributed by atoms with Gasteiger partial charge in [0.25, 0.3) is 0 Å². The third-order valence-electron chi connectivity index (χ3n) is 3.59. The van der Waals surface area contributed by atoms with Crippen LogP contribution < -0.4 is 15.1 Å². The van der Waals surface area contributed by atoms with Gasteiger partial charge in [-0.05, 0) is 44.0 Å². The molecule has 2 amide bonds. The standard InChI is InChI=1S/C18H22N2O3/c1-12-6-8-17(14(3)9-12)23-11-15-7-5-13(2)10-16(15)20(22)18(21)19-4/h5-10,22H,11H2,1-4H3,(H,19,21). The number of carbonyl (C=O) groups is 1. The van der Waals surface area contributed by atoms with E-state index in [1.165, 1.54) is 12.6 Å². The molecular weight excluding hydrogens is 292 g/mol. The van der Waals surface area contributed by atoms with Crippen molar-refractivity contribution in [1.29, 1.82) is 0 Å². The normalized spacial score (nSPS) is 10.3. The molecule has 5 nitrogen and oxygen atoms in total. The summed E-state index contributed by atoms with van der Waals surface area (Å²) >= 11 is 0. The molecule has 0 saturated carbocycles. The van der Waals surface area contributed by atoms with E-state index in [2.05, 4.69) is 5.32 Å². The number of hydrogen-bond donors (Lipinski definition) is 2. The van der Waals surface area contributed by atoms with Crippen LogP contribution in [-0.4, -0.2) is 18.3 Å². The minimum absolute atomic E-state index is 0.258. The molecule has 0 spiro atoms. The lowest BCUT2D eigenvalue weighted by Gasteiger charge is -2.19. The van der Waals surface area contributed by atoms with Crippen LogP contribution >= 0.6 is 0 Å². The van der Waals surface area contributed by atoms with Crippen LogP contribution in [0.15, 0.2) is 36.4 Å². The smallest absolute Gasteiger partial charge is 0.345 e. The van der Waals surface area contributed by atoms with Crippen molar-refractivity contribution in [3.8, 4) is 5.75 Å². The minimum Gasteiger partial charge on any atom is -0.489 e. The highest BCUT2D eigenvalue weighted by atomic mass is 16.5. The van der Waals surface area contributed by atoms with Crippen molar-refractivity contribution in [2.75, 3.05) is 12.1 Å². The van der Waals surface area contributed by atoms with Gasteiger partial charge in [-0.3, -0.25) is 5.21 Å². The fraction of sp³-hybridized carbons (Fsp3) is 0.278. The third-order valence-corrected chi connectivity index (χ3v) is 3.59. The molecule has 2 aromatic rings. The summed E-state index contributed by atoms with van der Waals surface area (Å²) in [5, 5.41) is 13.0. The highest BCUT2D eigenvalue weighted by Crippen LogP contribution is 2.25. The molecule has 0 radical (unpaired) electrons. The predicted molar refractivity (Wildman–Crippen MR) is 90.1 cm³/mol. The highest BCUT2D eigenvalue weighted by molar-refractivity contribution is 5.90. The zero-order valence-electron chi connectivity index (χ0n) is 13.9. The third kappa shape index (κ3) is 4.02. The Kier molecular flexibility index (Phi) is 5.24. The minimum atomic E-state index is -0.594. The lowest BCUT2D eigenvalue weighted by atomic mass is 10.1. The summed E-state index contributed by atoms with van der Waals surface area (Å²) < 4.78 is 5.85. The van der Waals surface area contributed by atoms with E-state index in [0.29, 0.717) is 10.8 Å². The molecule has 23 heavy (non-hydrogen) atoms. The quantitative estimate of drug-likeness (QED) is 0.668. The summed E-state index contributed by atoms with van der Waals surface area (Å²) in [6.07, 6.45) is 0. The molecule has 0 fully saturated rings. The average Bonchev–Trinajstić information content (AvgIpc) is 2.53. The summed E-state index contributed by atoms with van der Waals surface area (Å²) in [5.74, 6) is 0.784. The molecule has 0 aliphatic carbocycles. The van der Waals surface area contributed by atoms with Crippen molar-refractivity contribution in [2.45, 2.75) is 27.4 Å². The van der Waals surface area contributed by atoms with Gasteiger partial charge in [0.2, 0.25) is 0 Å². The van der Waals surface area contributed by atoms with E-state index < -0.39 is 6.03 Å². The molecule has 0 saturated heterocycles. The van der Waals surface area contributed by atoms with Crippen LogP contribution in [0.3, 0.4) is 0 Å². The van der Waals surface area contributed by atoms with Crippen LogP contribution in [-0.2, 0) is 6.61 Å². The number of carbonyl (C=O) groups excluding carboxylic acids is 1. The Hall–Kier alpha value is -2.53. The van der Waals surface area contributed by atoms with E-state index in [1.54, 1.807) is 6.07 Å². The first-order chi connectivity index (χ1) is 10.9. The van der Waals surface area contributed by atoms with Crippen LogP contribution in [0.4, 0.5) is 10.5 Å². The van der Waals surface area contributed by atoms with E-state index in [4.69, 9.17) is 4.74 Å². The lowest BCUT2D eigenvalue weighted by Crippen LogP contribution is -2.36. The zero-order chi connectivity index (χ0) is 17.0. The van der Waals surface area contributed by atoms with Gasteiger partial charge in [-0.25, -0.2) is 4.79 Å². The van der Waals surface area contributed by atoms with Crippen molar-refractivity contribution >= 4 is 11.7 Å². The zero-order valence-corrected chi connectivity index (χ0v) is 13.9. The van der Waals surface area contributed by atoms with Gasteiger partial charge in [-0.15, -0.1) is 0 Å². The maximum Gasteiger partial charge on any atom is 0.345 e. The Balaban J connectivity index is 2.24. The Bertz CT molecular complexity index is 713. The SMILES string of the molecule is CNC(=O)N(O)c1cc(C)ccc1COc1ccc(C)cc1C. The van der Waals surface area contributed by atoms with Crippen molar-refractivity contribution in [3.05, 3.63) is 58.7 Å². The van der Waals surface area contributed by atoms with Crippen molar-refractivity contribution in [1.82, 2.24) is 5.32 Å². The van der Waals surface area contributed by atoms with Crippen LogP contribution in [0.1, 0.15) is 22.3 Å². The number of urea groups is 1. The number of anilines is 1. The van der Waals surface area contributed by atoms with Crippen molar-refractivity contribution in [3.63, 3.8) is 0 Å². The number of nitrogens with one attached hydrogen (secondary N) is 1. The van der Waals surface area contributed by atoms with Crippen LogP contribution in [0.2, 0.25) is 0 Å². The van der Waals surface area contributed by atoms with Gasteiger partial charge >= 0.3 is 6.03 Å². The highest BCUT2D eigenvalue weighted by Gasteiger charge is 2.16. The number of hydroxylamine groups is 1. The molecule has 0 atom stereocenters. The van der Waals surface area contributed by atoms with E-state index in [9.17, 15) is 10.0 Å². The summed E-state index contributed by atoms with van der Waals surface area (Å²) in [4.78, 5) is 11.7. The lowest BCUT2D eigenvalue weighted by molar-refractivity contribution is 0.205. The number of aryl methyl sites for hydroxylation is 3. The molecule has 2 rings (SSSR count). The summed E-state index contributed by atoms with van der Waals surface area (Å²) in [5.41, 5.74) is 4.30. The second-order valence-electron chi connectivity index (χ2n) is 5.56. The second-order valence-corrected chi connectivity index (χ2v) is 5.56. The number of benzene rings is 2. The molecule has 0 aliphatic rings. The first-order valence-electron chi connectivity index (χ1n) is 7.42. The molecule has 2 aromatic carbocycles. The average molecular weight is 314 g/mol. The molecule has 5 heteroatoms. The molecule has 0 aliphatic heterocycles. The van der Waals surface area contributed by atoms with E-state index in [0.717, 1.165) is 22.4 Å². The topological polar surface area (TPSA) is 61.8 Å². The monoisotopic (exact) mass is 314 g/mol. The number of nitrogens with zero attached hydrogens (tertiary/aromatic N) is 1. The Morgan fingerprint density at radius 2 is 1.78 bits per heavy atom. The van der Waals surface area contributed by atoms with Gasteiger partial charge in [0.1, 0.15) is 12.4 Å². The Labute approximate surface area is 136 Å². The largest absolute Gasteiger partial charge is 0.489 e. The summed E-state index contributed by atoms with van der Waals surface area (Å²) in [6.45, 7) is 6.17. The first kappa shape index (κ1) is 16.8. The van der Waals surface area contributed by atoms with Gasteiger partial charge in [0, 0.05) is 12.6 Å². The van der Waals surface area contributed by atoms with E-state index in [1.807, 2.05) is 51.1 Å². The maximum absolute atomic E-state index is 11.7. The van der Waals surface area contributed by atoms with Gasteiger partial charge in [0.05, 0.1) is 5.69 Å². The van der Waals surface area contributed by atoms with Gasteiger partial charge in [0.15, 0.2) is 0 Å². The number of ether oxygens (including phenoxy) is 1. The van der Waals surface area contributed by atoms with Gasteiger partial charge in [-0.2, -0.15) is 5.06 Å². The fourth-order valence-electron chi connectivity index (χ4n) is 2.33. The van der Waals surface area contributed by atoms with Gasteiger partial charge in [-0.1, -0.05) is 29.8 Å². The number of amides is 2. The maximum atomic E-state index is 11.7. The molecule has 0 heterocycles. The van der Waals surface area contributed by atoms with E-state index >= 15 is 0 Å². The van der Waals surface area contributed by atoms with Gasteiger partial charge < -0.3 is 10.1 Å². The predicted octanol–water partition coefficient (Wildman–Crippen LogP) is 3.73. The van der Waals surface area contributed by atoms with Crippen molar-refractivity contribution in [2.24, 2.45) is 0 Å². The Morgan fingerprint density at radius 1 is 1.13 bits per heavy atom. The molecular formula is C18H22N2O3. The van der Waals surface area contributed by atoms with Crippen LogP contribution in [0.5, 0.6) is 5.75 Å². The molecule has 0 bridgehead atoms. The fourth-order valence-corrected chi connectivity index (χ4v) is 2.33. The van der Waals surface area contributed by atoms with E-state index in [-0.39, 0.29) is 6.61 Å². The van der Waals surface area contributed by atoms with Crippen LogP contribution in [0, 0.1) is 20.8 Å². The molecule has 0 unspecified atom stereocenters. The molecule has 0 aromatic heterocycles. The molecule has 2 N–H and O–H groups in total. The van der Waals surface area contributed by atoms with Crippen LogP contribution in [0.25, 0.3) is 0 Å². The summed E-state index contributed by atoms with van der Waals surface area (Å²) in [7, 11) is 1.47. The second kappa shape index (κ2) is 7.15. The van der Waals surface area contributed by atoms with Crippen molar-refractivity contribution < 1.29 is 14.7 Å². The first-order valence-corrected chi connectivity index (χ1v) is 7.42.